The van der Waals surface area contributed by atoms with Crippen LogP contribution >= 0.6 is 11.6 Å². The van der Waals surface area contributed by atoms with E-state index in [1.807, 2.05) is 31.2 Å². The predicted molar refractivity (Wildman–Crippen MR) is 113 cm³/mol. The van der Waals surface area contributed by atoms with Crippen molar-refractivity contribution in [2.75, 3.05) is 37.1 Å². The molecule has 3 aromatic rings. The van der Waals surface area contributed by atoms with Crippen LogP contribution in [0.2, 0.25) is 5.02 Å². The minimum absolute atomic E-state index is 0.398. The number of anilines is 3. The van der Waals surface area contributed by atoms with Gasteiger partial charge < -0.3 is 19.5 Å². The van der Waals surface area contributed by atoms with Crippen LogP contribution in [0.1, 0.15) is 5.56 Å². The van der Waals surface area contributed by atoms with Gasteiger partial charge in [-0.15, -0.1) is 0 Å². The van der Waals surface area contributed by atoms with Gasteiger partial charge in [-0.2, -0.15) is 0 Å². The van der Waals surface area contributed by atoms with Gasteiger partial charge in [-0.05, 0) is 30.7 Å². The van der Waals surface area contributed by atoms with Gasteiger partial charge in [0, 0.05) is 22.2 Å². The maximum absolute atomic E-state index is 12.6. The number of methoxy groups -OCH3 is 1. The van der Waals surface area contributed by atoms with Crippen molar-refractivity contribution in [1.82, 2.24) is 9.97 Å². The van der Waals surface area contributed by atoms with Crippen LogP contribution in [0.25, 0.3) is 10.9 Å². The van der Waals surface area contributed by atoms with Gasteiger partial charge in [0.2, 0.25) is 0 Å². The Balaban J connectivity index is 1.59. The average molecular weight is 427 g/mol. The topological polar surface area (TPSA) is 85.8 Å². The highest BCUT2D eigenvalue weighted by Gasteiger charge is 2.52. The normalized spacial score (nSPS) is 17.2. The number of rotatable bonds is 4. The van der Waals surface area contributed by atoms with E-state index in [2.05, 4.69) is 15.3 Å². The molecule has 2 aliphatic rings. The highest BCUT2D eigenvalue weighted by atomic mass is 35.5. The SMILES string of the molecule is COc1cc2ncnc(Nc3cccc(Cl)c3C)c2cc1N1CC2(COC2)OC1=O. The standard InChI is InChI=1S/C21H19ClN4O4/c1-12-14(22)4-3-5-15(12)25-19-13-6-17(18(28-2)7-16(13)23-11-24-19)26-8-21(9-29-10-21)30-20(26)27/h3-7,11H,8-10H2,1-2H3,(H,23,24,25). The Hall–Kier alpha value is -3.10. The van der Waals surface area contributed by atoms with E-state index in [0.717, 1.165) is 16.6 Å². The van der Waals surface area contributed by atoms with Crippen molar-refractivity contribution >= 4 is 45.8 Å². The lowest BCUT2D eigenvalue weighted by molar-refractivity contribution is -0.155. The molecule has 5 rings (SSSR count). The minimum Gasteiger partial charge on any atom is -0.494 e. The van der Waals surface area contributed by atoms with E-state index in [9.17, 15) is 4.79 Å². The summed E-state index contributed by atoms with van der Waals surface area (Å²) in [5, 5.41) is 4.73. The smallest absolute Gasteiger partial charge is 0.415 e. The molecule has 2 aliphatic heterocycles. The molecule has 30 heavy (non-hydrogen) atoms. The number of aromatic nitrogens is 2. The van der Waals surface area contributed by atoms with E-state index in [1.54, 1.807) is 18.1 Å². The third-order valence-electron chi connectivity index (χ3n) is 5.45. The number of benzene rings is 2. The van der Waals surface area contributed by atoms with E-state index in [-0.39, 0.29) is 0 Å². The summed E-state index contributed by atoms with van der Waals surface area (Å²) >= 11 is 6.25. The number of carbonyl (C=O) groups excluding carboxylic acids is 1. The largest absolute Gasteiger partial charge is 0.494 e. The Morgan fingerprint density at radius 3 is 2.80 bits per heavy atom. The zero-order valence-electron chi connectivity index (χ0n) is 16.4. The first-order chi connectivity index (χ1) is 14.5. The molecule has 1 aromatic heterocycles. The Kier molecular flexibility index (Phi) is 4.41. The lowest BCUT2D eigenvalue weighted by Gasteiger charge is -2.34. The van der Waals surface area contributed by atoms with Crippen LogP contribution in [0.4, 0.5) is 22.0 Å². The number of amides is 1. The highest BCUT2D eigenvalue weighted by molar-refractivity contribution is 6.31. The second kappa shape index (κ2) is 7.00. The van der Waals surface area contributed by atoms with Crippen molar-refractivity contribution in [2.24, 2.45) is 0 Å². The summed E-state index contributed by atoms with van der Waals surface area (Å²) in [7, 11) is 1.56. The Morgan fingerprint density at radius 2 is 2.10 bits per heavy atom. The molecule has 0 atom stereocenters. The number of fused-ring (bicyclic) bond motifs is 1. The molecule has 0 radical (unpaired) electrons. The minimum atomic E-state index is -0.580. The lowest BCUT2D eigenvalue weighted by atomic mass is 10.0. The third kappa shape index (κ3) is 3.00. The number of nitrogens with zero attached hydrogens (tertiary/aromatic N) is 3. The molecular formula is C21H19ClN4O4. The van der Waals surface area contributed by atoms with Gasteiger partial charge >= 0.3 is 6.09 Å². The quantitative estimate of drug-likeness (QED) is 0.672. The number of nitrogens with one attached hydrogen (secondary N) is 1. The number of hydrogen-bond acceptors (Lipinski definition) is 7. The van der Waals surface area contributed by atoms with Crippen LogP contribution in [-0.2, 0) is 9.47 Å². The molecule has 3 heterocycles. The van der Waals surface area contributed by atoms with E-state index >= 15 is 0 Å². The number of hydrogen-bond donors (Lipinski definition) is 1. The Morgan fingerprint density at radius 1 is 1.27 bits per heavy atom. The van der Waals surface area contributed by atoms with E-state index in [4.69, 9.17) is 25.8 Å². The Bertz CT molecular complexity index is 1170. The molecule has 9 heteroatoms. The first kappa shape index (κ1) is 18.9. The maximum Gasteiger partial charge on any atom is 0.415 e. The van der Waals surface area contributed by atoms with Crippen molar-refractivity contribution in [3.8, 4) is 5.75 Å². The molecule has 154 valence electrons. The number of ether oxygens (including phenoxy) is 3. The van der Waals surface area contributed by atoms with Gasteiger partial charge in [0.1, 0.15) is 17.9 Å². The van der Waals surface area contributed by atoms with E-state index in [0.29, 0.717) is 47.6 Å². The molecule has 0 unspecified atom stereocenters. The van der Waals surface area contributed by atoms with Crippen LogP contribution in [-0.4, -0.2) is 48.5 Å². The van der Waals surface area contributed by atoms with Crippen molar-refractivity contribution in [3.05, 3.63) is 47.2 Å². The average Bonchev–Trinajstić information content (AvgIpc) is 3.08. The fourth-order valence-corrected chi connectivity index (χ4v) is 3.88. The predicted octanol–water partition coefficient (Wildman–Crippen LogP) is 4.07. The third-order valence-corrected chi connectivity index (χ3v) is 5.86. The van der Waals surface area contributed by atoms with Crippen molar-refractivity contribution in [2.45, 2.75) is 12.5 Å². The van der Waals surface area contributed by atoms with Gasteiger partial charge in [0.25, 0.3) is 0 Å². The van der Waals surface area contributed by atoms with Crippen LogP contribution in [0.5, 0.6) is 5.75 Å². The second-order valence-electron chi connectivity index (χ2n) is 7.43. The lowest BCUT2D eigenvalue weighted by Crippen LogP contribution is -2.52. The van der Waals surface area contributed by atoms with Crippen molar-refractivity contribution in [3.63, 3.8) is 0 Å². The zero-order valence-corrected chi connectivity index (χ0v) is 17.2. The molecule has 2 aromatic carbocycles. The van der Waals surface area contributed by atoms with Crippen molar-refractivity contribution < 1.29 is 19.0 Å². The van der Waals surface area contributed by atoms with Gasteiger partial charge in [-0.25, -0.2) is 14.8 Å². The summed E-state index contributed by atoms with van der Waals surface area (Å²) < 4.78 is 16.4. The summed E-state index contributed by atoms with van der Waals surface area (Å²) in [4.78, 5) is 22.9. The molecule has 0 aliphatic carbocycles. The summed E-state index contributed by atoms with van der Waals surface area (Å²) in [6, 6.07) is 9.27. The highest BCUT2D eigenvalue weighted by Crippen LogP contribution is 2.40. The molecular weight excluding hydrogens is 408 g/mol. The molecule has 2 saturated heterocycles. The molecule has 8 nitrogen and oxygen atoms in total. The van der Waals surface area contributed by atoms with Gasteiger partial charge in [0.05, 0.1) is 38.1 Å². The number of carbonyl (C=O) groups is 1. The fraction of sp³-hybridized carbons (Fsp3) is 0.286. The molecule has 1 N–H and O–H groups in total. The van der Waals surface area contributed by atoms with Gasteiger partial charge in [-0.1, -0.05) is 17.7 Å². The summed E-state index contributed by atoms with van der Waals surface area (Å²) in [6.45, 7) is 3.13. The molecule has 2 fully saturated rings. The summed E-state index contributed by atoms with van der Waals surface area (Å²) in [5.74, 6) is 1.13. The van der Waals surface area contributed by atoms with Gasteiger partial charge in [0.15, 0.2) is 5.60 Å². The second-order valence-corrected chi connectivity index (χ2v) is 7.84. The van der Waals surface area contributed by atoms with E-state index < -0.39 is 11.7 Å². The first-order valence-corrected chi connectivity index (χ1v) is 9.81. The van der Waals surface area contributed by atoms with Gasteiger partial charge in [-0.3, -0.25) is 4.90 Å². The van der Waals surface area contributed by atoms with Crippen LogP contribution < -0.4 is 15.0 Å². The summed E-state index contributed by atoms with van der Waals surface area (Å²) in [6.07, 6.45) is 1.06. The molecule has 1 amide bonds. The van der Waals surface area contributed by atoms with Crippen LogP contribution in [0, 0.1) is 6.92 Å². The van der Waals surface area contributed by atoms with Crippen LogP contribution in [0.15, 0.2) is 36.7 Å². The first-order valence-electron chi connectivity index (χ1n) is 9.43. The zero-order chi connectivity index (χ0) is 20.9. The van der Waals surface area contributed by atoms with Crippen LogP contribution in [0.3, 0.4) is 0 Å². The summed E-state index contributed by atoms with van der Waals surface area (Å²) in [5.41, 5.74) is 2.45. The fourth-order valence-electron chi connectivity index (χ4n) is 3.71. The molecule has 0 bridgehead atoms. The molecule has 1 spiro atoms. The maximum atomic E-state index is 12.6. The van der Waals surface area contributed by atoms with E-state index in [1.165, 1.54) is 6.33 Å². The van der Waals surface area contributed by atoms with Crippen molar-refractivity contribution in [1.29, 1.82) is 0 Å². The number of halogens is 1. The molecule has 0 saturated carbocycles. The Labute approximate surface area is 177 Å². The monoisotopic (exact) mass is 426 g/mol.